The number of nitrogens with zero attached hydrogens (tertiary/aromatic N) is 5. The fraction of sp³-hybridized carbons (Fsp3) is 0.242. The number of rotatable bonds is 8. The van der Waals surface area contributed by atoms with Crippen molar-refractivity contribution in [1.82, 2.24) is 20.1 Å². The molecule has 2 heterocycles. The molecule has 1 aromatic heterocycles. The molecule has 1 fully saturated rings. The van der Waals surface area contributed by atoms with E-state index in [1.807, 2.05) is 68.5 Å². The summed E-state index contributed by atoms with van der Waals surface area (Å²) in [7, 11) is 0. The fourth-order valence-corrected chi connectivity index (χ4v) is 5.56. The van der Waals surface area contributed by atoms with Crippen LogP contribution in [0, 0.1) is 6.92 Å². The van der Waals surface area contributed by atoms with Gasteiger partial charge in [-0.2, -0.15) is 4.99 Å². The molecule has 0 radical (unpaired) electrons. The largest absolute Gasteiger partial charge is 0.573 e. The number of anilines is 1. The van der Waals surface area contributed by atoms with E-state index in [2.05, 4.69) is 39.0 Å². The second-order valence-electron chi connectivity index (χ2n) is 10.9. The number of ether oxygens (including phenoxy) is 1. The number of hydrogen-bond donors (Lipinski definition) is 1. The first-order valence-corrected chi connectivity index (χ1v) is 15.4. The van der Waals surface area contributed by atoms with E-state index in [1.54, 1.807) is 0 Å². The number of nitrogens with one attached hydrogen (secondary N) is 1. The first-order chi connectivity index (χ1) is 21.9. The predicted molar refractivity (Wildman–Crippen MR) is 173 cm³/mol. The van der Waals surface area contributed by atoms with Crippen LogP contribution in [0.15, 0.2) is 84.1 Å². The van der Waals surface area contributed by atoms with Crippen LogP contribution < -0.4 is 15.0 Å². The van der Waals surface area contributed by atoms with Crippen molar-refractivity contribution >= 4 is 40.6 Å². The summed E-state index contributed by atoms with van der Waals surface area (Å²) >= 11 is 1.24. The van der Waals surface area contributed by atoms with Crippen molar-refractivity contribution in [2.45, 2.75) is 46.0 Å². The summed E-state index contributed by atoms with van der Waals surface area (Å²) in [4.78, 5) is 35.7. The molecule has 1 atom stereocenters. The number of aromatic nitrogens is 3. The first kappa shape index (κ1) is 32.5. The minimum Gasteiger partial charge on any atom is -0.406 e. The molecular formula is C33H31F3N6O3S. The van der Waals surface area contributed by atoms with Crippen molar-refractivity contribution in [2.75, 3.05) is 10.7 Å². The standard InChI is InChI=1S/C33H31F3N6O3S/c1-20(2)27-16-5-21(3)17-28(27)42-29(43)18-46-32(42)39-31(44)38-22(4)6-7-23-8-10-24(11-9-23)30-37-19-41(40-30)25-12-14-26(15-13-25)45-33(34,35)36/h5-17,19-20,22H,18H2,1-4H3,(H,38,44)/b7-6+,39-32-. The number of carbonyl (C=O) groups is 2. The van der Waals surface area contributed by atoms with Crippen LogP contribution >= 0.6 is 11.8 Å². The van der Waals surface area contributed by atoms with Gasteiger partial charge in [-0.25, -0.2) is 14.5 Å². The van der Waals surface area contributed by atoms with Crippen molar-refractivity contribution in [3.63, 3.8) is 0 Å². The van der Waals surface area contributed by atoms with Gasteiger partial charge < -0.3 is 10.1 Å². The smallest absolute Gasteiger partial charge is 0.406 e. The van der Waals surface area contributed by atoms with E-state index in [0.717, 1.165) is 27.9 Å². The van der Waals surface area contributed by atoms with E-state index in [4.69, 9.17) is 0 Å². The highest BCUT2D eigenvalue weighted by atomic mass is 32.2. The van der Waals surface area contributed by atoms with Gasteiger partial charge in [-0.1, -0.05) is 74.2 Å². The van der Waals surface area contributed by atoms with Crippen LogP contribution in [0.1, 0.15) is 43.4 Å². The second-order valence-corrected chi connectivity index (χ2v) is 11.8. The van der Waals surface area contributed by atoms with E-state index in [-0.39, 0.29) is 29.4 Å². The summed E-state index contributed by atoms with van der Waals surface area (Å²) in [5.74, 6) is 0.405. The van der Waals surface area contributed by atoms with Crippen LogP contribution in [-0.2, 0) is 4.79 Å². The van der Waals surface area contributed by atoms with E-state index in [0.29, 0.717) is 16.7 Å². The molecule has 1 aliphatic heterocycles. The molecule has 3 aromatic carbocycles. The monoisotopic (exact) mass is 648 g/mol. The van der Waals surface area contributed by atoms with E-state index in [1.165, 1.54) is 51.9 Å². The van der Waals surface area contributed by atoms with E-state index in [9.17, 15) is 22.8 Å². The van der Waals surface area contributed by atoms with Gasteiger partial charge in [-0.15, -0.1) is 18.3 Å². The Labute approximate surface area is 268 Å². The molecule has 0 saturated carbocycles. The topological polar surface area (TPSA) is 102 Å². The van der Waals surface area contributed by atoms with Crippen molar-refractivity contribution in [1.29, 1.82) is 0 Å². The minimum atomic E-state index is -4.76. The third kappa shape index (κ3) is 8.02. The Morgan fingerprint density at radius 2 is 1.78 bits per heavy atom. The SMILES string of the molecule is Cc1ccc(C(C)C)c(N2C(=O)CS/C2=N\C(=O)NC(C)/C=C/c2ccc(-c3ncn(-c4ccc(OC(F)(F)F)cc4)n3)cc2)c1. The number of benzene rings is 3. The van der Waals surface area contributed by atoms with Gasteiger partial charge in [0.15, 0.2) is 11.0 Å². The lowest BCUT2D eigenvalue weighted by molar-refractivity contribution is -0.274. The normalized spacial score (nSPS) is 15.3. The van der Waals surface area contributed by atoms with E-state index >= 15 is 0 Å². The number of aryl methyl sites for hydroxylation is 1. The molecule has 1 N–H and O–H groups in total. The summed E-state index contributed by atoms with van der Waals surface area (Å²) in [6, 6.07) is 17.8. The Morgan fingerprint density at radius 3 is 2.46 bits per heavy atom. The molecule has 9 nitrogen and oxygen atoms in total. The molecule has 1 saturated heterocycles. The lowest BCUT2D eigenvalue weighted by Gasteiger charge is -2.22. The predicted octanol–water partition coefficient (Wildman–Crippen LogP) is 7.51. The van der Waals surface area contributed by atoms with Gasteiger partial charge in [0, 0.05) is 11.6 Å². The lowest BCUT2D eigenvalue weighted by Crippen LogP contribution is -2.34. The molecular weight excluding hydrogens is 617 g/mol. The average Bonchev–Trinajstić information content (AvgIpc) is 3.63. The highest BCUT2D eigenvalue weighted by molar-refractivity contribution is 8.15. The van der Waals surface area contributed by atoms with Crippen molar-refractivity contribution in [3.05, 3.63) is 95.8 Å². The Hall–Kier alpha value is -4.91. The fourth-order valence-electron chi connectivity index (χ4n) is 4.70. The van der Waals surface area contributed by atoms with Crippen LogP contribution in [0.4, 0.5) is 23.7 Å². The van der Waals surface area contributed by atoms with Gasteiger partial charge in [-0.3, -0.25) is 9.69 Å². The quantitative estimate of drug-likeness (QED) is 0.212. The highest BCUT2D eigenvalue weighted by Crippen LogP contribution is 2.34. The molecule has 4 aromatic rings. The molecule has 1 unspecified atom stereocenters. The number of hydrogen-bond acceptors (Lipinski definition) is 6. The third-order valence-electron chi connectivity index (χ3n) is 6.94. The van der Waals surface area contributed by atoms with Crippen LogP contribution in [0.25, 0.3) is 23.2 Å². The van der Waals surface area contributed by atoms with Crippen molar-refractivity contribution < 1.29 is 27.5 Å². The Bertz CT molecular complexity index is 1780. The Kier molecular flexibility index (Phi) is 9.61. The maximum Gasteiger partial charge on any atom is 0.573 e. The number of amidine groups is 1. The molecule has 0 aliphatic carbocycles. The third-order valence-corrected chi connectivity index (χ3v) is 7.86. The number of amides is 3. The van der Waals surface area contributed by atoms with Crippen LogP contribution in [0.2, 0.25) is 0 Å². The summed E-state index contributed by atoms with van der Waals surface area (Å²) in [5.41, 5.74) is 4.91. The number of thioether (sulfide) groups is 1. The zero-order valence-corrected chi connectivity index (χ0v) is 26.3. The molecule has 13 heteroatoms. The van der Waals surface area contributed by atoms with E-state index < -0.39 is 12.4 Å². The van der Waals surface area contributed by atoms with Crippen LogP contribution in [-0.4, -0.2) is 50.0 Å². The molecule has 0 bridgehead atoms. The van der Waals surface area contributed by atoms with Gasteiger partial charge in [0.05, 0.1) is 17.1 Å². The van der Waals surface area contributed by atoms with Gasteiger partial charge in [0.1, 0.15) is 12.1 Å². The van der Waals surface area contributed by atoms with Gasteiger partial charge >= 0.3 is 12.4 Å². The average molecular weight is 649 g/mol. The Morgan fingerprint density at radius 1 is 1.07 bits per heavy atom. The van der Waals surface area contributed by atoms with Gasteiger partial charge in [0.25, 0.3) is 0 Å². The molecule has 5 rings (SSSR count). The number of aliphatic imine (C=N–C) groups is 1. The first-order valence-electron chi connectivity index (χ1n) is 14.4. The van der Waals surface area contributed by atoms with Crippen LogP contribution in [0.3, 0.4) is 0 Å². The maximum absolute atomic E-state index is 12.8. The summed E-state index contributed by atoms with van der Waals surface area (Å²) in [6.45, 7) is 7.90. The van der Waals surface area contributed by atoms with Crippen molar-refractivity contribution in [2.24, 2.45) is 4.99 Å². The molecule has 1 aliphatic rings. The maximum atomic E-state index is 12.8. The minimum absolute atomic E-state index is 0.115. The summed E-state index contributed by atoms with van der Waals surface area (Å²) < 4.78 is 42.6. The van der Waals surface area contributed by atoms with Gasteiger partial charge in [0.2, 0.25) is 5.91 Å². The zero-order valence-electron chi connectivity index (χ0n) is 25.4. The molecule has 46 heavy (non-hydrogen) atoms. The number of alkyl halides is 3. The number of urea groups is 1. The summed E-state index contributed by atoms with van der Waals surface area (Å²) in [6.07, 6.45) is 0.401. The van der Waals surface area contributed by atoms with Crippen molar-refractivity contribution in [3.8, 4) is 22.8 Å². The highest BCUT2D eigenvalue weighted by Gasteiger charge is 2.33. The van der Waals surface area contributed by atoms with Crippen LogP contribution in [0.5, 0.6) is 5.75 Å². The zero-order chi connectivity index (χ0) is 33.0. The lowest BCUT2D eigenvalue weighted by atomic mass is 9.99. The molecule has 0 spiro atoms. The molecule has 3 amide bonds. The second kappa shape index (κ2) is 13.6. The Balaban J connectivity index is 1.20. The number of halogens is 3. The summed E-state index contributed by atoms with van der Waals surface area (Å²) in [5, 5.41) is 7.60. The number of carbonyl (C=O) groups excluding carboxylic acids is 2. The molecule has 238 valence electrons. The van der Waals surface area contributed by atoms with Gasteiger partial charge in [-0.05, 0) is 66.8 Å².